The maximum Gasteiger partial charge on any atom is 0.263 e. The van der Waals surface area contributed by atoms with Crippen LogP contribution in [0.2, 0.25) is 0 Å². The molecule has 7 nitrogen and oxygen atoms in total. The van der Waals surface area contributed by atoms with Gasteiger partial charge in [0.15, 0.2) is 5.13 Å². The van der Waals surface area contributed by atoms with Crippen molar-refractivity contribution in [1.29, 1.82) is 0 Å². The summed E-state index contributed by atoms with van der Waals surface area (Å²) in [5.74, 6) is -0.753. The second-order valence-electron chi connectivity index (χ2n) is 6.26. The third-order valence-electron chi connectivity index (χ3n) is 4.24. The van der Waals surface area contributed by atoms with Crippen molar-refractivity contribution in [2.75, 3.05) is 10.6 Å². The molecule has 0 fully saturated rings. The minimum atomic E-state index is -0.548. The highest BCUT2D eigenvalue weighted by atomic mass is 32.1. The van der Waals surface area contributed by atoms with Gasteiger partial charge >= 0.3 is 0 Å². The number of rotatable bonds is 5. The van der Waals surface area contributed by atoms with E-state index in [4.69, 9.17) is 0 Å². The molecule has 0 radical (unpaired) electrons. The molecule has 0 aliphatic rings. The lowest BCUT2D eigenvalue weighted by Crippen LogP contribution is -2.22. The number of amides is 2. The van der Waals surface area contributed by atoms with Crippen LogP contribution in [0.1, 0.15) is 16.1 Å². The number of aromatic amines is 1. The maximum absolute atomic E-state index is 12.4. The number of hydrogen-bond acceptors (Lipinski definition) is 5. The summed E-state index contributed by atoms with van der Waals surface area (Å²) < 4.78 is 0. The van der Waals surface area contributed by atoms with E-state index < -0.39 is 11.5 Å². The highest BCUT2D eigenvalue weighted by Crippen LogP contribution is 2.23. The lowest BCUT2D eigenvalue weighted by Gasteiger charge is -2.08. The van der Waals surface area contributed by atoms with Gasteiger partial charge in [-0.05, 0) is 23.6 Å². The molecule has 0 bridgehead atoms. The van der Waals surface area contributed by atoms with Gasteiger partial charge in [-0.2, -0.15) is 0 Å². The molecule has 4 aromatic rings. The molecule has 2 heterocycles. The molecule has 2 aromatic carbocycles. The number of fused-ring (bicyclic) bond motifs is 1. The molecule has 0 atom stereocenters. The molecule has 144 valence electrons. The highest BCUT2D eigenvalue weighted by molar-refractivity contribution is 7.14. The first-order valence-electron chi connectivity index (χ1n) is 8.81. The number of benzene rings is 2. The van der Waals surface area contributed by atoms with Crippen LogP contribution in [0.5, 0.6) is 0 Å². The molecule has 0 unspecified atom stereocenters. The Morgan fingerprint density at radius 1 is 1.00 bits per heavy atom. The summed E-state index contributed by atoms with van der Waals surface area (Å²) in [6, 6.07) is 16.5. The predicted octanol–water partition coefficient (Wildman–Crippen LogP) is 3.42. The standard InChI is InChI=1S/C21H16N4O3S/c26-18(24-17-9-3-6-13-5-1-2-7-15(13)17)11-14-12-29-21(23-14)25-20(28)16-8-4-10-22-19(16)27/h1-10,12H,11H2,(H,22,27)(H,24,26)(H,23,25,28). The van der Waals surface area contributed by atoms with Crippen LogP contribution in [-0.2, 0) is 11.2 Å². The Morgan fingerprint density at radius 2 is 1.83 bits per heavy atom. The fourth-order valence-electron chi connectivity index (χ4n) is 2.90. The van der Waals surface area contributed by atoms with Gasteiger partial charge in [0.2, 0.25) is 5.91 Å². The molecule has 0 aliphatic heterocycles. The van der Waals surface area contributed by atoms with Crippen molar-refractivity contribution in [3.63, 3.8) is 0 Å². The first-order valence-corrected chi connectivity index (χ1v) is 9.69. The summed E-state index contributed by atoms with van der Waals surface area (Å²) in [7, 11) is 0. The summed E-state index contributed by atoms with van der Waals surface area (Å²) in [6.07, 6.45) is 1.52. The molecule has 8 heteroatoms. The zero-order valence-electron chi connectivity index (χ0n) is 15.1. The van der Waals surface area contributed by atoms with E-state index in [0.29, 0.717) is 10.8 Å². The number of aromatic nitrogens is 2. The minimum absolute atomic E-state index is 0.00190. The third kappa shape index (κ3) is 4.22. The molecule has 3 N–H and O–H groups in total. The molecule has 4 rings (SSSR count). The van der Waals surface area contributed by atoms with Gasteiger partial charge in [0.05, 0.1) is 12.1 Å². The number of hydrogen-bond donors (Lipinski definition) is 3. The number of anilines is 2. The largest absolute Gasteiger partial charge is 0.328 e. The highest BCUT2D eigenvalue weighted by Gasteiger charge is 2.14. The zero-order valence-corrected chi connectivity index (χ0v) is 16.0. The topological polar surface area (TPSA) is 104 Å². The number of pyridine rings is 1. The molecule has 0 saturated carbocycles. The van der Waals surface area contributed by atoms with E-state index in [-0.39, 0.29) is 17.9 Å². The Labute approximate surface area is 169 Å². The molecule has 2 amide bonds. The zero-order chi connectivity index (χ0) is 20.2. The molecule has 0 aliphatic carbocycles. The molecule has 0 saturated heterocycles. The van der Waals surface area contributed by atoms with Gasteiger partial charge in [-0.1, -0.05) is 36.4 Å². The Kier molecular flexibility index (Phi) is 5.17. The predicted molar refractivity (Wildman–Crippen MR) is 113 cm³/mol. The smallest absolute Gasteiger partial charge is 0.263 e. The molecular formula is C21H16N4O3S. The van der Waals surface area contributed by atoms with E-state index in [1.807, 2.05) is 42.5 Å². The summed E-state index contributed by atoms with van der Waals surface area (Å²) in [5, 5.41) is 9.52. The van der Waals surface area contributed by atoms with Crippen molar-refractivity contribution in [2.24, 2.45) is 0 Å². The lowest BCUT2D eigenvalue weighted by atomic mass is 10.1. The normalized spacial score (nSPS) is 10.6. The van der Waals surface area contributed by atoms with Gasteiger partial charge in [-0.3, -0.25) is 19.7 Å². The van der Waals surface area contributed by atoms with Gasteiger partial charge < -0.3 is 10.3 Å². The number of carbonyl (C=O) groups excluding carboxylic acids is 2. The fraction of sp³-hybridized carbons (Fsp3) is 0.0476. The lowest BCUT2D eigenvalue weighted by molar-refractivity contribution is -0.115. The van der Waals surface area contributed by atoms with Gasteiger partial charge in [0, 0.05) is 22.7 Å². The Bertz CT molecular complexity index is 1260. The molecule has 2 aromatic heterocycles. The van der Waals surface area contributed by atoms with Gasteiger partial charge in [0.25, 0.3) is 11.5 Å². The first-order chi connectivity index (χ1) is 14.1. The number of thiazole rings is 1. The van der Waals surface area contributed by atoms with E-state index in [2.05, 4.69) is 20.6 Å². The van der Waals surface area contributed by atoms with E-state index in [9.17, 15) is 14.4 Å². The van der Waals surface area contributed by atoms with Crippen LogP contribution in [0.3, 0.4) is 0 Å². The van der Waals surface area contributed by atoms with Crippen LogP contribution in [0.25, 0.3) is 10.8 Å². The number of carbonyl (C=O) groups is 2. The van der Waals surface area contributed by atoms with Crippen molar-refractivity contribution in [3.05, 3.63) is 87.8 Å². The Balaban J connectivity index is 1.42. The van der Waals surface area contributed by atoms with Crippen LogP contribution in [0.4, 0.5) is 10.8 Å². The summed E-state index contributed by atoms with van der Waals surface area (Å²) in [5.41, 5.74) is 0.791. The van der Waals surface area contributed by atoms with Gasteiger partial charge in [-0.25, -0.2) is 4.98 Å². The van der Waals surface area contributed by atoms with E-state index in [1.54, 1.807) is 11.4 Å². The average Bonchev–Trinajstić information content (AvgIpc) is 3.15. The summed E-state index contributed by atoms with van der Waals surface area (Å²) >= 11 is 1.19. The summed E-state index contributed by atoms with van der Waals surface area (Å²) in [6.45, 7) is 0. The van der Waals surface area contributed by atoms with Gasteiger partial charge in [-0.15, -0.1) is 11.3 Å². The van der Waals surface area contributed by atoms with Crippen molar-refractivity contribution in [3.8, 4) is 0 Å². The quantitative estimate of drug-likeness (QED) is 0.474. The first kappa shape index (κ1) is 18.6. The van der Waals surface area contributed by atoms with Crippen LogP contribution in [-0.4, -0.2) is 21.8 Å². The van der Waals surface area contributed by atoms with Crippen molar-refractivity contribution < 1.29 is 9.59 Å². The second-order valence-corrected chi connectivity index (χ2v) is 7.12. The monoisotopic (exact) mass is 404 g/mol. The second kappa shape index (κ2) is 8.07. The van der Waals surface area contributed by atoms with Crippen LogP contribution >= 0.6 is 11.3 Å². The van der Waals surface area contributed by atoms with Crippen LogP contribution in [0.15, 0.2) is 71.0 Å². The third-order valence-corrected chi connectivity index (χ3v) is 5.05. The minimum Gasteiger partial charge on any atom is -0.328 e. The number of nitrogens with one attached hydrogen (secondary N) is 3. The van der Waals surface area contributed by atoms with Crippen molar-refractivity contribution >= 4 is 44.7 Å². The van der Waals surface area contributed by atoms with E-state index in [1.165, 1.54) is 23.6 Å². The fourth-order valence-corrected chi connectivity index (χ4v) is 3.61. The number of H-pyrrole nitrogens is 1. The molecular weight excluding hydrogens is 388 g/mol. The SMILES string of the molecule is O=C(Cc1csc(NC(=O)c2ccc[nH]c2=O)n1)Nc1cccc2ccccc12. The summed E-state index contributed by atoms with van der Waals surface area (Å²) in [4.78, 5) is 43.0. The van der Waals surface area contributed by atoms with Crippen LogP contribution in [0, 0.1) is 0 Å². The van der Waals surface area contributed by atoms with Crippen LogP contribution < -0.4 is 16.2 Å². The molecule has 29 heavy (non-hydrogen) atoms. The average molecular weight is 404 g/mol. The van der Waals surface area contributed by atoms with Crippen molar-refractivity contribution in [2.45, 2.75) is 6.42 Å². The van der Waals surface area contributed by atoms with Gasteiger partial charge in [0.1, 0.15) is 5.56 Å². The Morgan fingerprint density at radius 3 is 2.69 bits per heavy atom. The van der Waals surface area contributed by atoms with E-state index in [0.717, 1.165) is 16.5 Å². The van der Waals surface area contributed by atoms with Crippen molar-refractivity contribution in [1.82, 2.24) is 9.97 Å². The van der Waals surface area contributed by atoms with E-state index >= 15 is 0 Å². The Hall–Kier alpha value is -3.78. The maximum atomic E-state index is 12.4. The molecule has 0 spiro atoms. The number of nitrogens with zero attached hydrogens (tertiary/aromatic N) is 1.